The lowest BCUT2D eigenvalue weighted by Gasteiger charge is -2.25. The molecule has 1 saturated heterocycles. The zero-order valence-corrected chi connectivity index (χ0v) is 8.68. The van der Waals surface area contributed by atoms with E-state index in [4.69, 9.17) is 0 Å². The minimum atomic E-state index is -2.49. The average Bonchev–Trinajstić information content (AvgIpc) is 2.44. The average molecular weight is 206 g/mol. The van der Waals surface area contributed by atoms with Crippen LogP contribution in [0.1, 0.15) is 27.2 Å². The van der Waals surface area contributed by atoms with E-state index in [0.717, 1.165) is 0 Å². The maximum absolute atomic E-state index is 12.4. The zero-order valence-electron chi connectivity index (χ0n) is 8.68. The lowest BCUT2D eigenvalue weighted by Crippen LogP contribution is -2.45. The molecule has 1 N–H and O–H groups in total. The molecular weight excluding hydrogens is 190 g/mol. The van der Waals surface area contributed by atoms with E-state index in [-0.39, 0.29) is 12.6 Å². The highest BCUT2D eigenvalue weighted by atomic mass is 19.3. The number of hydrogen-bond acceptors (Lipinski definition) is 2. The molecule has 1 aliphatic heterocycles. The number of carbonyl (C=O) groups excluding carboxylic acids is 1. The van der Waals surface area contributed by atoms with Crippen molar-refractivity contribution >= 4 is 5.91 Å². The summed E-state index contributed by atoms with van der Waals surface area (Å²) in [5, 5.41) is 2.96. The smallest absolute Gasteiger partial charge is 0.258 e. The number of alkyl halides is 2. The topological polar surface area (TPSA) is 32.3 Å². The fourth-order valence-electron chi connectivity index (χ4n) is 1.47. The van der Waals surface area contributed by atoms with Gasteiger partial charge in [-0.05, 0) is 20.3 Å². The van der Waals surface area contributed by atoms with Gasteiger partial charge in [-0.1, -0.05) is 6.92 Å². The second kappa shape index (κ2) is 3.81. The Hall–Kier alpha value is -0.710. The van der Waals surface area contributed by atoms with E-state index >= 15 is 0 Å². The highest BCUT2D eigenvalue weighted by molar-refractivity contribution is 5.88. The Morgan fingerprint density at radius 3 is 2.57 bits per heavy atom. The normalized spacial score (nSPS) is 30.1. The van der Waals surface area contributed by atoms with Gasteiger partial charge in [-0.15, -0.1) is 0 Å². The van der Waals surface area contributed by atoms with Crippen LogP contribution in [-0.4, -0.2) is 35.5 Å². The number of halogens is 2. The first kappa shape index (κ1) is 11.4. The summed E-state index contributed by atoms with van der Waals surface area (Å²) in [5.74, 6) is -0.229. The van der Waals surface area contributed by atoms with Gasteiger partial charge in [0.1, 0.15) is 0 Å². The Bertz CT molecular complexity index is 235. The Morgan fingerprint density at radius 2 is 2.21 bits per heavy atom. The molecule has 2 atom stereocenters. The molecule has 1 fully saturated rings. The fourth-order valence-corrected chi connectivity index (χ4v) is 1.47. The summed E-state index contributed by atoms with van der Waals surface area (Å²) in [6.07, 6.45) is -1.88. The van der Waals surface area contributed by atoms with Crippen molar-refractivity contribution in [2.45, 2.75) is 45.2 Å². The SMILES string of the molecule is CCC1(C)NCN(C(C)C(F)F)C1=O. The quantitative estimate of drug-likeness (QED) is 0.752. The molecule has 1 aliphatic rings. The van der Waals surface area contributed by atoms with E-state index in [9.17, 15) is 13.6 Å². The third-order valence-electron chi connectivity index (χ3n) is 2.94. The van der Waals surface area contributed by atoms with Crippen molar-refractivity contribution in [3.8, 4) is 0 Å². The molecule has 0 spiro atoms. The van der Waals surface area contributed by atoms with E-state index in [1.54, 1.807) is 6.92 Å². The highest BCUT2D eigenvalue weighted by Gasteiger charge is 2.44. The van der Waals surface area contributed by atoms with Crippen LogP contribution in [-0.2, 0) is 4.79 Å². The molecule has 0 aliphatic carbocycles. The van der Waals surface area contributed by atoms with Crippen molar-refractivity contribution < 1.29 is 13.6 Å². The Morgan fingerprint density at radius 1 is 1.64 bits per heavy atom. The van der Waals surface area contributed by atoms with E-state index in [1.807, 2.05) is 6.92 Å². The molecule has 0 aromatic heterocycles. The second-order valence-corrected chi connectivity index (χ2v) is 3.87. The molecule has 1 amide bonds. The first-order chi connectivity index (χ1) is 6.42. The van der Waals surface area contributed by atoms with E-state index in [1.165, 1.54) is 11.8 Å². The van der Waals surface area contributed by atoms with Crippen LogP contribution in [0, 0.1) is 0 Å². The van der Waals surface area contributed by atoms with E-state index in [2.05, 4.69) is 5.32 Å². The molecule has 2 unspecified atom stereocenters. The van der Waals surface area contributed by atoms with Crippen molar-refractivity contribution in [2.24, 2.45) is 0 Å². The monoisotopic (exact) mass is 206 g/mol. The molecule has 82 valence electrons. The summed E-state index contributed by atoms with van der Waals surface area (Å²) < 4.78 is 24.8. The molecule has 0 aromatic rings. The van der Waals surface area contributed by atoms with Gasteiger partial charge in [0.25, 0.3) is 6.43 Å². The molecule has 5 heteroatoms. The van der Waals surface area contributed by atoms with Crippen LogP contribution in [0.4, 0.5) is 8.78 Å². The molecular formula is C9H16F2N2O. The predicted octanol–water partition coefficient (Wildman–Crippen LogP) is 1.20. The summed E-state index contributed by atoms with van der Waals surface area (Å²) in [4.78, 5) is 12.9. The van der Waals surface area contributed by atoms with Gasteiger partial charge < -0.3 is 4.90 Å². The maximum atomic E-state index is 12.4. The van der Waals surface area contributed by atoms with Gasteiger partial charge in [-0.25, -0.2) is 8.78 Å². The Kier molecular flexibility index (Phi) is 3.09. The summed E-state index contributed by atoms with van der Waals surface area (Å²) in [6, 6.07) is -1.01. The number of carbonyl (C=O) groups is 1. The predicted molar refractivity (Wildman–Crippen MR) is 49.0 cm³/mol. The van der Waals surface area contributed by atoms with Crippen LogP contribution in [0.2, 0.25) is 0 Å². The summed E-state index contributed by atoms with van der Waals surface area (Å²) in [5.41, 5.74) is -0.664. The van der Waals surface area contributed by atoms with Crippen LogP contribution in [0.5, 0.6) is 0 Å². The van der Waals surface area contributed by atoms with Crippen LogP contribution >= 0.6 is 0 Å². The number of nitrogens with one attached hydrogen (secondary N) is 1. The van der Waals surface area contributed by atoms with E-state index in [0.29, 0.717) is 6.42 Å². The molecule has 14 heavy (non-hydrogen) atoms. The number of amides is 1. The van der Waals surface area contributed by atoms with Crippen molar-refractivity contribution in [3.63, 3.8) is 0 Å². The van der Waals surface area contributed by atoms with Gasteiger partial charge in [-0.3, -0.25) is 10.1 Å². The van der Waals surface area contributed by atoms with Crippen molar-refractivity contribution in [1.82, 2.24) is 10.2 Å². The molecule has 0 saturated carbocycles. The van der Waals surface area contributed by atoms with Crippen molar-refractivity contribution in [1.29, 1.82) is 0 Å². The van der Waals surface area contributed by atoms with Crippen LogP contribution in [0.25, 0.3) is 0 Å². The molecule has 0 radical (unpaired) electrons. The summed E-state index contributed by atoms with van der Waals surface area (Å²) >= 11 is 0. The summed E-state index contributed by atoms with van der Waals surface area (Å²) in [6.45, 7) is 5.19. The van der Waals surface area contributed by atoms with Crippen LogP contribution in [0.3, 0.4) is 0 Å². The first-order valence-corrected chi connectivity index (χ1v) is 4.76. The van der Waals surface area contributed by atoms with Crippen LogP contribution in [0.15, 0.2) is 0 Å². The van der Waals surface area contributed by atoms with E-state index < -0.39 is 18.0 Å². The number of hydrogen-bond donors (Lipinski definition) is 1. The minimum absolute atomic E-state index is 0.217. The van der Waals surface area contributed by atoms with Gasteiger partial charge in [0, 0.05) is 0 Å². The van der Waals surface area contributed by atoms with Gasteiger partial charge in [-0.2, -0.15) is 0 Å². The molecule has 3 nitrogen and oxygen atoms in total. The number of rotatable bonds is 3. The standard InChI is InChI=1S/C9H16F2N2O/c1-4-9(3)8(14)13(5-12-9)6(2)7(10)11/h6-7,12H,4-5H2,1-3H3. The molecule has 0 bridgehead atoms. The lowest BCUT2D eigenvalue weighted by atomic mass is 9.99. The largest absolute Gasteiger partial charge is 0.320 e. The van der Waals surface area contributed by atoms with Crippen LogP contribution < -0.4 is 5.32 Å². The third kappa shape index (κ3) is 1.73. The Balaban J connectivity index is 2.74. The summed E-state index contributed by atoms with van der Waals surface area (Å²) in [7, 11) is 0. The minimum Gasteiger partial charge on any atom is -0.320 e. The highest BCUT2D eigenvalue weighted by Crippen LogP contribution is 2.23. The second-order valence-electron chi connectivity index (χ2n) is 3.87. The van der Waals surface area contributed by atoms with Gasteiger partial charge >= 0.3 is 0 Å². The van der Waals surface area contributed by atoms with Gasteiger partial charge in [0.15, 0.2) is 0 Å². The van der Waals surface area contributed by atoms with Gasteiger partial charge in [0.05, 0.1) is 18.2 Å². The first-order valence-electron chi connectivity index (χ1n) is 4.76. The lowest BCUT2D eigenvalue weighted by molar-refractivity contribution is -0.136. The maximum Gasteiger partial charge on any atom is 0.258 e. The fraction of sp³-hybridized carbons (Fsp3) is 0.889. The van der Waals surface area contributed by atoms with Crippen molar-refractivity contribution in [3.05, 3.63) is 0 Å². The molecule has 1 rings (SSSR count). The van der Waals surface area contributed by atoms with Crippen molar-refractivity contribution in [2.75, 3.05) is 6.67 Å². The Labute approximate surface area is 82.5 Å². The molecule has 1 heterocycles. The third-order valence-corrected chi connectivity index (χ3v) is 2.94. The number of nitrogens with zero attached hydrogens (tertiary/aromatic N) is 1. The molecule has 0 aromatic carbocycles. The zero-order chi connectivity index (χ0) is 10.9. The van der Waals surface area contributed by atoms with Gasteiger partial charge in [0.2, 0.25) is 5.91 Å².